The largest absolute Gasteiger partial charge is 0.416 e. The van der Waals surface area contributed by atoms with Crippen LogP contribution in [0.25, 0.3) is 15.9 Å². The highest BCUT2D eigenvalue weighted by Gasteiger charge is 2.30. The third-order valence-corrected chi connectivity index (χ3v) is 5.84. The lowest BCUT2D eigenvalue weighted by Crippen LogP contribution is -2.40. The molecule has 11 heteroatoms. The number of aryl methyl sites for hydroxylation is 1. The summed E-state index contributed by atoms with van der Waals surface area (Å²) in [5.74, 6) is -1.21. The highest BCUT2D eigenvalue weighted by molar-refractivity contribution is 7.17. The number of halogens is 4. The van der Waals surface area contributed by atoms with Crippen LogP contribution in [0.4, 0.5) is 23.2 Å². The number of fused-ring (bicyclic) bond motifs is 1. The second-order valence-electron chi connectivity index (χ2n) is 7.20. The lowest BCUT2D eigenvalue weighted by molar-refractivity contribution is -0.137. The Morgan fingerprint density at radius 3 is 2.39 bits per heavy atom. The van der Waals surface area contributed by atoms with Crippen molar-refractivity contribution in [2.45, 2.75) is 19.6 Å². The van der Waals surface area contributed by atoms with Crippen LogP contribution in [0, 0.1) is 12.7 Å². The van der Waals surface area contributed by atoms with Crippen molar-refractivity contribution in [2.75, 3.05) is 5.32 Å². The fourth-order valence-corrected chi connectivity index (χ4v) is 4.23. The van der Waals surface area contributed by atoms with Gasteiger partial charge in [0, 0.05) is 5.69 Å². The maximum atomic E-state index is 13.5. The van der Waals surface area contributed by atoms with Gasteiger partial charge in [0.2, 0.25) is 5.91 Å². The van der Waals surface area contributed by atoms with Gasteiger partial charge in [0.05, 0.1) is 16.8 Å². The Labute approximate surface area is 187 Å². The van der Waals surface area contributed by atoms with Crippen molar-refractivity contribution in [3.8, 4) is 5.69 Å². The van der Waals surface area contributed by atoms with Crippen LogP contribution >= 0.6 is 11.3 Å². The Balaban J connectivity index is 1.72. The van der Waals surface area contributed by atoms with Crippen LogP contribution in [0.5, 0.6) is 0 Å². The lowest BCUT2D eigenvalue weighted by Gasteiger charge is -2.14. The van der Waals surface area contributed by atoms with Gasteiger partial charge >= 0.3 is 11.9 Å². The molecule has 0 radical (unpaired) electrons. The first-order valence-electron chi connectivity index (χ1n) is 9.53. The van der Waals surface area contributed by atoms with E-state index in [0.29, 0.717) is 5.56 Å². The number of benzene rings is 2. The predicted octanol–water partition coefficient (Wildman–Crippen LogP) is 4.32. The van der Waals surface area contributed by atoms with Gasteiger partial charge < -0.3 is 5.32 Å². The average Bonchev–Trinajstić information content (AvgIpc) is 3.22. The topological polar surface area (TPSA) is 73.1 Å². The normalized spacial score (nSPS) is 11.7. The molecule has 1 N–H and O–H groups in total. The van der Waals surface area contributed by atoms with Gasteiger partial charge in [-0.25, -0.2) is 13.8 Å². The summed E-state index contributed by atoms with van der Waals surface area (Å²) < 4.78 is 53.9. The second-order valence-corrected chi connectivity index (χ2v) is 8.11. The van der Waals surface area contributed by atoms with Crippen LogP contribution in [0.1, 0.15) is 11.1 Å². The maximum Gasteiger partial charge on any atom is 0.416 e. The van der Waals surface area contributed by atoms with Crippen LogP contribution in [-0.4, -0.2) is 15.0 Å². The molecule has 170 valence electrons. The van der Waals surface area contributed by atoms with E-state index in [1.807, 2.05) is 0 Å². The van der Waals surface area contributed by atoms with Crippen molar-refractivity contribution < 1.29 is 22.4 Å². The quantitative estimate of drug-likeness (QED) is 0.445. The number of anilines is 1. The minimum Gasteiger partial charge on any atom is -0.325 e. The molecule has 0 aliphatic heterocycles. The maximum absolute atomic E-state index is 13.5. The number of aromatic nitrogens is 2. The van der Waals surface area contributed by atoms with E-state index >= 15 is 0 Å². The van der Waals surface area contributed by atoms with Gasteiger partial charge in [-0.05, 0) is 66.4 Å². The van der Waals surface area contributed by atoms with Gasteiger partial charge in [-0.1, -0.05) is 0 Å². The molecule has 0 bridgehead atoms. The number of amides is 1. The fourth-order valence-electron chi connectivity index (χ4n) is 3.41. The molecular formula is C22H15F4N3O3S. The van der Waals surface area contributed by atoms with E-state index < -0.39 is 41.3 Å². The predicted molar refractivity (Wildman–Crippen MR) is 116 cm³/mol. The lowest BCUT2D eigenvalue weighted by atomic mass is 10.2. The molecule has 2 aromatic carbocycles. The minimum atomic E-state index is -4.51. The van der Waals surface area contributed by atoms with E-state index in [1.54, 1.807) is 12.3 Å². The number of thiophene rings is 1. The van der Waals surface area contributed by atoms with Gasteiger partial charge in [0.25, 0.3) is 5.56 Å². The SMILES string of the molecule is Cc1cc(F)ccc1-n1c(=O)c2sccc2n(CC(=O)Nc2ccc(C(F)(F)F)cc2)c1=O. The summed E-state index contributed by atoms with van der Waals surface area (Å²) in [5.41, 5.74) is -1.37. The van der Waals surface area contributed by atoms with Crippen LogP contribution in [0.15, 0.2) is 63.5 Å². The Morgan fingerprint density at radius 1 is 1.06 bits per heavy atom. The number of hydrogen-bond acceptors (Lipinski definition) is 4. The highest BCUT2D eigenvalue weighted by atomic mass is 32.1. The third-order valence-electron chi connectivity index (χ3n) is 4.95. The number of hydrogen-bond donors (Lipinski definition) is 1. The summed E-state index contributed by atoms with van der Waals surface area (Å²) in [6.07, 6.45) is -4.51. The summed E-state index contributed by atoms with van der Waals surface area (Å²) in [7, 11) is 0. The van der Waals surface area contributed by atoms with E-state index in [1.165, 1.54) is 18.2 Å². The standard InChI is InChI=1S/C22H15F4N3O3S/c1-12-10-14(23)4-7-16(12)29-20(31)19-17(8-9-33-19)28(21(29)32)11-18(30)27-15-5-2-13(3-6-15)22(24,25)26/h2-10H,11H2,1H3,(H,27,30). The third kappa shape index (κ3) is 4.31. The highest BCUT2D eigenvalue weighted by Crippen LogP contribution is 2.29. The van der Waals surface area contributed by atoms with Crippen molar-refractivity contribution in [1.82, 2.24) is 9.13 Å². The van der Waals surface area contributed by atoms with Crippen molar-refractivity contribution in [3.63, 3.8) is 0 Å². The monoisotopic (exact) mass is 477 g/mol. The molecule has 0 spiro atoms. The Hall–Kier alpha value is -3.73. The molecule has 0 atom stereocenters. The number of nitrogens with one attached hydrogen (secondary N) is 1. The Morgan fingerprint density at radius 2 is 1.76 bits per heavy atom. The van der Waals surface area contributed by atoms with Gasteiger partial charge in [0.1, 0.15) is 17.1 Å². The van der Waals surface area contributed by atoms with Crippen LogP contribution in [-0.2, 0) is 17.5 Å². The molecule has 4 aromatic rings. The van der Waals surface area contributed by atoms with Crippen LogP contribution < -0.4 is 16.6 Å². The van der Waals surface area contributed by atoms with Crippen molar-refractivity contribution in [3.05, 3.63) is 91.7 Å². The molecular weight excluding hydrogens is 462 g/mol. The van der Waals surface area contributed by atoms with Crippen LogP contribution in [0.3, 0.4) is 0 Å². The van der Waals surface area contributed by atoms with Crippen molar-refractivity contribution in [2.24, 2.45) is 0 Å². The van der Waals surface area contributed by atoms with E-state index in [0.717, 1.165) is 50.8 Å². The Bertz CT molecular complexity index is 1480. The molecule has 0 fully saturated rings. The first-order chi connectivity index (χ1) is 15.6. The number of alkyl halides is 3. The summed E-state index contributed by atoms with van der Waals surface area (Å²) in [5, 5.41) is 4.04. The molecule has 6 nitrogen and oxygen atoms in total. The van der Waals surface area contributed by atoms with E-state index in [-0.39, 0.29) is 21.6 Å². The molecule has 33 heavy (non-hydrogen) atoms. The molecule has 0 saturated carbocycles. The molecule has 2 aromatic heterocycles. The van der Waals surface area contributed by atoms with Crippen LogP contribution in [0.2, 0.25) is 0 Å². The molecule has 0 saturated heterocycles. The van der Waals surface area contributed by atoms with Gasteiger partial charge in [-0.2, -0.15) is 13.2 Å². The van der Waals surface area contributed by atoms with Crippen molar-refractivity contribution in [1.29, 1.82) is 0 Å². The van der Waals surface area contributed by atoms with E-state index in [4.69, 9.17) is 0 Å². The molecule has 0 unspecified atom stereocenters. The Kier molecular flexibility index (Phi) is 5.66. The zero-order chi connectivity index (χ0) is 23.9. The molecule has 0 aliphatic rings. The first-order valence-corrected chi connectivity index (χ1v) is 10.4. The molecule has 4 rings (SSSR count). The molecule has 0 aliphatic carbocycles. The molecule has 2 heterocycles. The summed E-state index contributed by atoms with van der Waals surface area (Å²) in [6.45, 7) is 1.05. The zero-order valence-corrected chi connectivity index (χ0v) is 17.8. The van der Waals surface area contributed by atoms with E-state index in [2.05, 4.69) is 5.32 Å². The average molecular weight is 477 g/mol. The number of carbonyl (C=O) groups is 1. The number of carbonyl (C=O) groups excluding carboxylic acids is 1. The molecule has 1 amide bonds. The number of rotatable bonds is 4. The zero-order valence-electron chi connectivity index (χ0n) is 16.9. The summed E-state index contributed by atoms with van der Waals surface area (Å²) in [4.78, 5) is 38.8. The van der Waals surface area contributed by atoms with Gasteiger partial charge in [-0.3, -0.25) is 14.2 Å². The number of nitrogens with zero attached hydrogens (tertiary/aromatic N) is 2. The summed E-state index contributed by atoms with van der Waals surface area (Å²) >= 11 is 1.08. The van der Waals surface area contributed by atoms with Gasteiger partial charge in [-0.15, -0.1) is 11.3 Å². The van der Waals surface area contributed by atoms with E-state index in [9.17, 15) is 31.9 Å². The second kappa shape index (κ2) is 8.32. The summed E-state index contributed by atoms with van der Waals surface area (Å²) in [6, 6.07) is 9.00. The smallest absolute Gasteiger partial charge is 0.325 e. The fraction of sp³-hybridized carbons (Fsp3) is 0.136. The van der Waals surface area contributed by atoms with Gasteiger partial charge in [0.15, 0.2) is 0 Å². The minimum absolute atomic E-state index is 0.116. The van der Waals surface area contributed by atoms with Crippen molar-refractivity contribution >= 4 is 33.1 Å². The first kappa shape index (κ1) is 22.5.